The van der Waals surface area contributed by atoms with Crippen molar-refractivity contribution < 1.29 is 9.59 Å². The molecule has 148 valence electrons. The lowest BCUT2D eigenvalue weighted by atomic mass is 10.1. The highest BCUT2D eigenvalue weighted by Gasteiger charge is 2.19. The summed E-state index contributed by atoms with van der Waals surface area (Å²) >= 11 is 0. The van der Waals surface area contributed by atoms with Gasteiger partial charge in [0, 0.05) is 30.5 Å². The minimum Gasteiger partial charge on any atom is -0.348 e. The fourth-order valence-corrected chi connectivity index (χ4v) is 3.15. The highest BCUT2D eigenvalue weighted by atomic mass is 16.2. The SMILES string of the molecule is CCN(C(=O)c1cc(C(=O)NCc2ccccc2C)ccn1)c1cccc(C)c1. The normalized spacial score (nSPS) is 10.4. The molecule has 1 aromatic heterocycles. The van der Waals surface area contributed by atoms with Crippen molar-refractivity contribution in [3.8, 4) is 0 Å². The Kier molecular flexibility index (Phi) is 6.39. The molecule has 0 saturated heterocycles. The zero-order valence-electron chi connectivity index (χ0n) is 17.0. The van der Waals surface area contributed by atoms with Crippen molar-refractivity contribution in [3.63, 3.8) is 0 Å². The van der Waals surface area contributed by atoms with Gasteiger partial charge in [-0.3, -0.25) is 14.6 Å². The Hall–Kier alpha value is -3.47. The van der Waals surface area contributed by atoms with Crippen LogP contribution in [0.15, 0.2) is 66.9 Å². The molecule has 0 unspecified atom stereocenters. The van der Waals surface area contributed by atoms with Gasteiger partial charge in [-0.1, -0.05) is 36.4 Å². The number of nitrogens with one attached hydrogen (secondary N) is 1. The molecule has 0 bridgehead atoms. The van der Waals surface area contributed by atoms with Crippen molar-refractivity contribution in [2.45, 2.75) is 27.3 Å². The predicted octanol–water partition coefficient (Wildman–Crippen LogP) is 4.30. The van der Waals surface area contributed by atoms with Gasteiger partial charge in [0.15, 0.2) is 0 Å². The maximum absolute atomic E-state index is 13.0. The maximum Gasteiger partial charge on any atom is 0.276 e. The van der Waals surface area contributed by atoms with Crippen molar-refractivity contribution >= 4 is 17.5 Å². The second-order valence-electron chi connectivity index (χ2n) is 6.93. The van der Waals surface area contributed by atoms with Crippen LogP contribution in [0.4, 0.5) is 5.69 Å². The van der Waals surface area contributed by atoms with Crippen molar-refractivity contribution in [2.75, 3.05) is 11.4 Å². The number of hydrogen-bond donors (Lipinski definition) is 1. The van der Waals surface area contributed by atoms with Crippen LogP contribution in [0.1, 0.15) is 44.5 Å². The summed E-state index contributed by atoms with van der Waals surface area (Å²) in [6.07, 6.45) is 1.50. The molecule has 0 aliphatic carbocycles. The number of benzene rings is 2. The fraction of sp³-hybridized carbons (Fsp3) is 0.208. The van der Waals surface area contributed by atoms with Gasteiger partial charge >= 0.3 is 0 Å². The number of amides is 2. The number of nitrogens with zero attached hydrogens (tertiary/aromatic N) is 2. The third-order valence-corrected chi connectivity index (χ3v) is 4.82. The standard InChI is InChI=1S/C24H25N3O2/c1-4-27(21-11-7-8-17(2)14-21)24(29)22-15-19(12-13-25-22)23(28)26-16-20-10-6-5-9-18(20)3/h5-15H,4,16H2,1-3H3,(H,26,28). The summed E-state index contributed by atoms with van der Waals surface area (Å²) in [6.45, 7) is 6.85. The first kappa shape index (κ1) is 20.3. The Morgan fingerprint density at radius 2 is 1.79 bits per heavy atom. The number of aryl methyl sites for hydroxylation is 2. The predicted molar refractivity (Wildman–Crippen MR) is 115 cm³/mol. The van der Waals surface area contributed by atoms with Gasteiger partial charge in [0.2, 0.25) is 0 Å². The van der Waals surface area contributed by atoms with Gasteiger partial charge in [-0.05, 0) is 61.7 Å². The smallest absolute Gasteiger partial charge is 0.276 e. The average molecular weight is 387 g/mol. The summed E-state index contributed by atoms with van der Waals surface area (Å²) in [7, 11) is 0. The molecule has 0 spiro atoms. The van der Waals surface area contributed by atoms with Gasteiger partial charge in [0.05, 0.1) is 0 Å². The van der Waals surface area contributed by atoms with E-state index in [-0.39, 0.29) is 17.5 Å². The van der Waals surface area contributed by atoms with Crippen LogP contribution in [0.5, 0.6) is 0 Å². The number of carbonyl (C=O) groups is 2. The van der Waals surface area contributed by atoms with Crippen molar-refractivity contribution in [3.05, 3.63) is 94.8 Å². The number of pyridine rings is 1. The lowest BCUT2D eigenvalue weighted by Gasteiger charge is -2.21. The molecule has 5 nitrogen and oxygen atoms in total. The zero-order valence-corrected chi connectivity index (χ0v) is 17.0. The van der Waals surface area contributed by atoms with Crippen LogP contribution < -0.4 is 10.2 Å². The van der Waals surface area contributed by atoms with E-state index in [2.05, 4.69) is 10.3 Å². The first-order valence-corrected chi connectivity index (χ1v) is 9.67. The number of aromatic nitrogens is 1. The number of hydrogen-bond acceptors (Lipinski definition) is 3. The quantitative estimate of drug-likeness (QED) is 0.686. The molecule has 0 saturated carbocycles. The molecule has 0 fully saturated rings. The van der Waals surface area contributed by atoms with E-state index in [9.17, 15) is 9.59 Å². The van der Waals surface area contributed by atoms with Crippen LogP contribution in [-0.2, 0) is 6.54 Å². The van der Waals surface area contributed by atoms with Gasteiger partial charge in [-0.2, -0.15) is 0 Å². The van der Waals surface area contributed by atoms with Crippen LogP contribution in [0, 0.1) is 13.8 Å². The third-order valence-electron chi connectivity index (χ3n) is 4.82. The second-order valence-corrected chi connectivity index (χ2v) is 6.93. The van der Waals surface area contributed by atoms with Crippen molar-refractivity contribution in [1.29, 1.82) is 0 Å². The molecule has 2 amide bonds. The van der Waals surface area contributed by atoms with E-state index in [4.69, 9.17) is 0 Å². The van der Waals surface area contributed by atoms with Crippen LogP contribution in [0.25, 0.3) is 0 Å². The minimum atomic E-state index is -0.233. The highest BCUT2D eigenvalue weighted by Crippen LogP contribution is 2.18. The van der Waals surface area contributed by atoms with Crippen LogP contribution in [0.2, 0.25) is 0 Å². The molecule has 0 atom stereocenters. The second kappa shape index (κ2) is 9.15. The molecule has 1 N–H and O–H groups in total. The molecule has 3 rings (SSSR count). The fourth-order valence-electron chi connectivity index (χ4n) is 3.15. The van der Waals surface area contributed by atoms with E-state index < -0.39 is 0 Å². The van der Waals surface area contributed by atoms with E-state index in [0.29, 0.717) is 18.7 Å². The Labute approximate surface area is 171 Å². The summed E-state index contributed by atoms with van der Waals surface area (Å²) in [5, 5.41) is 2.91. The molecule has 0 aliphatic heterocycles. The molecular weight excluding hydrogens is 362 g/mol. The summed E-state index contributed by atoms with van der Waals surface area (Å²) in [4.78, 5) is 31.5. The Balaban J connectivity index is 1.76. The van der Waals surface area contributed by atoms with Crippen LogP contribution >= 0.6 is 0 Å². The minimum absolute atomic E-state index is 0.230. The highest BCUT2D eigenvalue weighted by molar-refractivity contribution is 6.06. The van der Waals surface area contributed by atoms with Gasteiger partial charge in [0.25, 0.3) is 11.8 Å². The Bertz CT molecular complexity index is 1030. The molecule has 5 heteroatoms. The van der Waals surface area contributed by atoms with E-state index in [0.717, 1.165) is 22.4 Å². The summed E-state index contributed by atoms with van der Waals surface area (Å²) < 4.78 is 0. The zero-order chi connectivity index (χ0) is 20.8. The topological polar surface area (TPSA) is 62.3 Å². The molecular formula is C24H25N3O2. The van der Waals surface area contributed by atoms with Gasteiger partial charge < -0.3 is 10.2 Å². The lowest BCUT2D eigenvalue weighted by Crippen LogP contribution is -2.32. The van der Waals surface area contributed by atoms with Gasteiger partial charge in [0.1, 0.15) is 5.69 Å². The largest absolute Gasteiger partial charge is 0.348 e. The first-order chi connectivity index (χ1) is 14.0. The molecule has 3 aromatic rings. The van der Waals surface area contributed by atoms with E-state index in [1.165, 1.54) is 6.20 Å². The number of rotatable bonds is 6. The van der Waals surface area contributed by atoms with Crippen LogP contribution in [0.3, 0.4) is 0 Å². The number of carbonyl (C=O) groups excluding carboxylic acids is 2. The summed E-state index contributed by atoms with van der Waals surface area (Å²) in [5.74, 6) is -0.463. The van der Waals surface area contributed by atoms with Gasteiger partial charge in [-0.25, -0.2) is 0 Å². The monoisotopic (exact) mass is 387 g/mol. The third kappa shape index (κ3) is 4.88. The van der Waals surface area contributed by atoms with E-state index >= 15 is 0 Å². The van der Waals surface area contributed by atoms with Crippen molar-refractivity contribution in [2.24, 2.45) is 0 Å². The van der Waals surface area contributed by atoms with Gasteiger partial charge in [-0.15, -0.1) is 0 Å². The van der Waals surface area contributed by atoms with Crippen molar-refractivity contribution in [1.82, 2.24) is 10.3 Å². The van der Waals surface area contributed by atoms with E-state index in [1.807, 2.05) is 69.3 Å². The molecule has 2 aromatic carbocycles. The van der Waals surface area contributed by atoms with Crippen LogP contribution in [-0.4, -0.2) is 23.3 Å². The first-order valence-electron chi connectivity index (χ1n) is 9.67. The maximum atomic E-state index is 13.0. The molecule has 0 aliphatic rings. The Morgan fingerprint density at radius 3 is 2.52 bits per heavy atom. The number of anilines is 1. The summed E-state index contributed by atoms with van der Waals surface area (Å²) in [6, 6.07) is 18.8. The molecule has 0 radical (unpaired) electrons. The lowest BCUT2D eigenvalue weighted by molar-refractivity contribution is 0.0950. The molecule has 29 heavy (non-hydrogen) atoms. The van der Waals surface area contributed by atoms with E-state index in [1.54, 1.807) is 17.0 Å². The Morgan fingerprint density at radius 1 is 1.00 bits per heavy atom. The molecule has 1 heterocycles. The average Bonchev–Trinajstić information content (AvgIpc) is 2.73. The summed E-state index contributed by atoms with van der Waals surface area (Å²) in [5.41, 5.74) is 4.73.